The zero-order valence-corrected chi connectivity index (χ0v) is 19.1. The molecule has 1 N–H and O–H groups in total. The molecule has 1 aromatic heterocycles. The van der Waals surface area contributed by atoms with Gasteiger partial charge in [-0.25, -0.2) is 0 Å². The molecule has 8 nitrogen and oxygen atoms in total. The molecule has 3 aromatic rings. The van der Waals surface area contributed by atoms with Gasteiger partial charge in [-0.15, -0.1) is 0 Å². The van der Waals surface area contributed by atoms with E-state index in [2.05, 4.69) is 20.4 Å². The van der Waals surface area contributed by atoms with Gasteiger partial charge >= 0.3 is 0 Å². The molecule has 1 saturated heterocycles. The molecule has 1 aliphatic heterocycles. The third-order valence-corrected chi connectivity index (χ3v) is 5.81. The van der Waals surface area contributed by atoms with Crippen LogP contribution in [0, 0.1) is 5.92 Å². The van der Waals surface area contributed by atoms with E-state index in [0.29, 0.717) is 31.4 Å². The smallest absolute Gasteiger partial charge is 0.241 e. The predicted molar refractivity (Wildman–Crippen MR) is 124 cm³/mol. The molecule has 0 aliphatic carbocycles. The summed E-state index contributed by atoms with van der Waals surface area (Å²) in [7, 11) is 1.63. The van der Waals surface area contributed by atoms with E-state index in [9.17, 15) is 4.79 Å². The van der Waals surface area contributed by atoms with Crippen molar-refractivity contribution >= 4 is 5.91 Å². The molecular weight excluding hydrogens is 420 g/mol. The van der Waals surface area contributed by atoms with Gasteiger partial charge in [0.05, 0.1) is 20.3 Å². The van der Waals surface area contributed by atoms with Crippen LogP contribution < -0.4 is 14.8 Å². The highest BCUT2D eigenvalue weighted by Crippen LogP contribution is 2.22. The number of carbonyl (C=O) groups excluding carboxylic acids is 1. The lowest BCUT2D eigenvalue weighted by atomic mass is 9.96. The summed E-state index contributed by atoms with van der Waals surface area (Å²) in [6.07, 6.45) is 1.62. The van der Waals surface area contributed by atoms with E-state index in [1.54, 1.807) is 7.11 Å². The van der Waals surface area contributed by atoms with Crippen molar-refractivity contribution in [3.8, 4) is 22.9 Å². The number of benzene rings is 2. The standard InChI is InChI=1S/C25H30N4O4/c1-3-32-22-6-4-5-18(15-22)16-26-25(30)20-11-13-29(14-12-20)17-23-27-24(28-33-23)19-7-9-21(31-2)10-8-19/h4-10,15,20H,3,11-14,16-17H2,1-2H3,(H,26,30). The normalized spacial score (nSPS) is 14.7. The lowest BCUT2D eigenvalue weighted by Crippen LogP contribution is -2.40. The Bertz CT molecular complexity index is 1040. The molecular formula is C25H30N4O4. The van der Waals surface area contributed by atoms with Crippen LogP contribution in [-0.2, 0) is 17.9 Å². The summed E-state index contributed by atoms with van der Waals surface area (Å²) in [5, 5.41) is 7.16. The second kappa shape index (κ2) is 11.0. The van der Waals surface area contributed by atoms with Gasteiger partial charge in [0.1, 0.15) is 11.5 Å². The molecule has 174 valence electrons. The van der Waals surface area contributed by atoms with Crippen molar-refractivity contribution in [1.82, 2.24) is 20.4 Å². The van der Waals surface area contributed by atoms with Crippen LogP contribution in [0.3, 0.4) is 0 Å². The van der Waals surface area contributed by atoms with Crippen LogP contribution in [0.15, 0.2) is 53.1 Å². The number of methoxy groups -OCH3 is 1. The molecule has 33 heavy (non-hydrogen) atoms. The van der Waals surface area contributed by atoms with Gasteiger partial charge in [-0.2, -0.15) is 4.98 Å². The maximum atomic E-state index is 12.6. The first-order valence-electron chi connectivity index (χ1n) is 11.3. The van der Waals surface area contributed by atoms with E-state index in [1.807, 2.05) is 55.5 Å². The number of hydrogen-bond acceptors (Lipinski definition) is 7. The van der Waals surface area contributed by atoms with Gasteiger partial charge < -0.3 is 19.3 Å². The van der Waals surface area contributed by atoms with Crippen molar-refractivity contribution in [2.24, 2.45) is 5.92 Å². The summed E-state index contributed by atoms with van der Waals surface area (Å²) in [5.74, 6) is 2.89. The monoisotopic (exact) mass is 450 g/mol. The number of amides is 1. The molecule has 0 radical (unpaired) electrons. The van der Waals surface area contributed by atoms with E-state index in [0.717, 1.165) is 48.6 Å². The van der Waals surface area contributed by atoms with Crippen molar-refractivity contribution in [1.29, 1.82) is 0 Å². The van der Waals surface area contributed by atoms with Crippen LogP contribution in [-0.4, -0.2) is 47.8 Å². The third kappa shape index (κ3) is 6.10. The molecule has 8 heteroatoms. The van der Waals surface area contributed by atoms with Crippen molar-refractivity contribution in [2.45, 2.75) is 32.9 Å². The first-order chi connectivity index (χ1) is 16.1. The van der Waals surface area contributed by atoms with Crippen molar-refractivity contribution < 1.29 is 18.8 Å². The average Bonchev–Trinajstić information content (AvgIpc) is 3.32. The quantitative estimate of drug-likeness (QED) is 0.532. The van der Waals surface area contributed by atoms with Crippen molar-refractivity contribution in [3.05, 3.63) is 60.0 Å². The zero-order chi connectivity index (χ0) is 23.0. The number of nitrogens with zero attached hydrogens (tertiary/aromatic N) is 3. The van der Waals surface area contributed by atoms with Crippen LogP contribution >= 0.6 is 0 Å². The summed E-state index contributed by atoms with van der Waals surface area (Å²) in [6.45, 7) is 5.31. The number of piperidine rings is 1. The van der Waals surface area contributed by atoms with Crippen LogP contribution in [0.4, 0.5) is 0 Å². The van der Waals surface area contributed by atoms with Gasteiger partial charge in [0, 0.05) is 18.0 Å². The molecule has 1 amide bonds. The van der Waals surface area contributed by atoms with Crippen LogP contribution in [0.5, 0.6) is 11.5 Å². The predicted octanol–water partition coefficient (Wildman–Crippen LogP) is 3.67. The largest absolute Gasteiger partial charge is 0.497 e. The summed E-state index contributed by atoms with van der Waals surface area (Å²) in [4.78, 5) is 19.4. The number of rotatable bonds is 9. The Morgan fingerprint density at radius 3 is 2.67 bits per heavy atom. The van der Waals surface area contributed by atoms with Crippen LogP contribution in [0.25, 0.3) is 11.4 Å². The van der Waals surface area contributed by atoms with Crippen LogP contribution in [0.1, 0.15) is 31.2 Å². The average molecular weight is 451 g/mol. The third-order valence-electron chi connectivity index (χ3n) is 5.81. The number of likely N-dealkylation sites (tertiary alicyclic amines) is 1. The lowest BCUT2D eigenvalue weighted by molar-refractivity contribution is -0.126. The second-order valence-corrected chi connectivity index (χ2v) is 8.09. The van der Waals surface area contributed by atoms with Gasteiger partial charge in [-0.3, -0.25) is 9.69 Å². The molecule has 2 heterocycles. The first kappa shape index (κ1) is 22.8. The maximum absolute atomic E-state index is 12.6. The van der Waals surface area contributed by atoms with Crippen molar-refractivity contribution in [3.63, 3.8) is 0 Å². The Kier molecular flexibility index (Phi) is 7.57. The van der Waals surface area contributed by atoms with Gasteiger partial charge in [0.25, 0.3) is 0 Å². The molecule has 0 bridgehead atoms. The Morgan fingerprint density at radius 2 is 1.94 bits per heavy atom. The maximum Gasteiger partial charge on any atom is 0.241 e. The summed E-state index contributed by atoms with van der Waals surface area (Å²) < 4.78 is 16.2. The molecule has 2 aromatic carbocycles. The molecule has 0 atom stereocenters. The number of hydrogen-bond donors (Lipinski definition) is 1. The topological polar surface area (TPSA) is 89.7 Å². The van der Waals surface area contributed by atoms with Crippen molar-refractivity contribution in [2.75, 3.05) is 26.8 Å². The summed E-state index contributed by atoms with van der Waals surface area (Å²) in [5.41, 5.74) is 1.92. The molecule has 0 unspecified atom stereocenters. The number of aromatic nitrogens is 2. The minimum atomic E-state index is 0.0221. The fourth-order valence-electron chi connectivity index (χ4n) is 3.97. The minimum absolute atomic E-state index is 0.0221. The number of ether oxygens (including phenoxy) is 2. The number of carbonyl (C=O) groups is 1. The van der Waals surface area contributed by atoms with Gasteiger partial charge in [-0.05, 0) is 74.8 Å². The first-order valence-corrected chi connectivity index (χ1v) is 11.3. The van der Waals surface area contributed by atoms with E-state index >= 15 is 0 Å². The number of nitrogens with one attached hydrogen (secondary N) is 1. The summed E-state index contributed by atoms with van der Waals surface area (Å²) >= 11 is 0. The van der Waals surface area contributed by atoms with Crippen LogP contribution in [0.2, 0.25) is 0 Å². The van der Waals surface area contributed by atoms with Gasteiger partial charge in [-0.1, -0.05) is 17.3 Å². The summed E-state index contributed by atoms with van der Waals surface area (Å²) in [6, 6.07) is 15.4. The molecule has 0 spiro atoms. The Hall–Kier alpha value is -3.39. The minimum Gasteiger partial charge on any atom is -0.497 e. The highest BCUT2D eigenvalue weighted by atomic mass is 16.5. The highest BCUT2D eigenvalue weighted by Gasteiger charge is 2.26. The fourth-order valence-corrected chi connectivity index (χ4v) is 3.97. The van der Waals surface area contributed by atoms with E-state index in [1.165, 1.54) is 0 Å². The Morgan fingerprint density at radius 1 is 1.15 bits per heavy atom. The zero-order valence-electron chi connectivity index (χ0n) is 19.1. The second-order valence-electron chi connectivity index (χ2n) is 8.09. The molecule has 0 saturated carbocycles. The van der Waals surface area contributed by atoms with Gasteiger partial charge in [0.15, 0.2) is 0 Å². The SMILES string of the molecule is CCOc1cccc(CNC(=O)C2CCN(Cc3nc(-c4ccc(OC)cc4)no3)CC2)c1. The Labute approximate surface area is 193 Å². The lowest BCUT2D eigenvalue weighted by Gasteiger charge is -2.30. The Balaban J connectivity index is 1.23. The van der Waals surface area contributed by atoms with Gasteiger partial charge in [0.2, 0.25) is 17.6 Å². The van der Waals surface area contributed by atoms with E-state index in [-0.39, 0.29) is 11.8 Å². The molecule has 1 fully saturated rings. The molecule has 1 aliphatic rings. The molecule has 4 rings (SSSR count). The van der Waals surface area contributed by atoms with E-state index in [4.69, 9.17) is 14.0 Å². The van der Waals surface area contributed by atoms with E-state index < -0.39 is 0 Å². The highest BCUT2D eigenvalue weighted by molar-refractivity contribution is 5.78. The fraction of sp³-hybridized carbons (Fsp3) is 0.400.